The molecule has 0 unspecified atom stereocenters. The fraction of sp³-hybridized carbons (Fsp3) is 0.533. The second kappa shape index (κ2) is 6.38. The number of aromatic nitrogens is 1. The summed E-state index contributed by atoms with van der Waals surface area (Å²) >= 11 is 0. The molecule has 1 aliphatic heterocycles. The van der Waals surface area contributed by atoms with E-state index >= 15 is 0 Å². The van der Waals surface area contributed by atoms with Crippen molar-refractivity contribution in [2.24, 2.45) is 5.92 Å². The SMILES string of the molecule is CCC(CC)C(=O)N1CC(Oc2cc(C#N)ccn2)C1. The number of rotatable bonds is 5. The summed E-state index contributed by atoms with van der Waals surface area (Å²) in [4.78, 5) is 18.0. The van der Waals surface area contributed by atoms with Crippen LogP contribution in [0.4, 0.5) is 0 Å². The molecule has 0 spiro atoms. The van der Waals surface area contributed by atoms with Crippen molar-refractivity contribution < 1.29 is 9.53 Å². The number of nitrogens with zero attached hydrogens (tertiary/aromatic N) is 3. The Kier molecular flexibility index (Phi) is 4.57. The molecule has 0 bridgehead atoms. The number of carbonyl (C=O) groups is 1. The van der Waals surface area contributed by atoms with Gasteiger partial charge in [-0.2, -0.15) is 5.26 Å². The number of ether oxygens (including phenoxy) is 1. The number of pyridine rings is 1. The zero-order valence-corrected chi connectivity index (χ0v) is 11.9. The molecule has 0 radical (unpaired) electrons. The number of likely N-dealkylation sites (tertiary alicyclic amines) is 1. The topological polar surface area (TPSA) is 66.2 Å². The van der Waals surface area contributed by atoms with Gasteiger partial charge in [0.2, 0.25) is 11.8 Å². The summed E-state index contributed by atoms with van der Waals surface area (Å²) < 4.78 is 5.66. The van der Waals surface area contributed by atoms with Crippen LogP contribution in [-0.4, -0.2) is 35.0 Å². The average molecular weight is 273 g/mol. The van der Waals surface area contributed by atoms with Crippen LogP contribution in [0.25, 0.3) is 0 Å². The van der Waals surface area contributed by atoms with E-state index in [1.165, 1.54) is 0 Å². The van der Waals surface area contributed by atoms with Crippen molar-refractivity contribution in [3.05, 3.63) is 23.9 Å². The molecule has 5 nitrogen and oxygen atoms in total. The Hall–Kier alpha value is -2.09. The quantitative estimate of drug-likeness (QED) is 0.822. The maximum Gasteiger partial charge on any atom is 0.225 e. The highest BCUT2D eigenvalue weighted by Crippen LogP contribution is 2.21. The highest BCUT2D eigenvalue weighted by atomic mass is 16.5. The second-order valence-corrected chi connectivity index (χ2v) is 4.99. The molecular weight excluding hydrogens is 254 g/mol. The van der Waals surface area contributed by atoms with Gasteiger partial charge in [-0.05, 0) is 18.9 Å². The maximum atomic E-state index is 12.1. The van der Waals surface area contributed by atoms with E-state index < -0.39 is 0 Å². The molecule has 1 aromatic rings. The number of amides is 1. The number of hydrogen-bond donors (Lipinski definition) is 0. The van der Waals surface area contributed by atoms with E-state index in [1.54, 1.807) is 18.3 Å². The van der Waals surface area contributed by atoms with Gasteiger partial charge in [-0.25, -0.2) is 4.98 Å². The van der Waals surface area contributed by atoms with Crippen LogP contribution in [0.15, 0.2) is 18.3 Å². The Bertz CT molecular complexity index is 514. The predicted molar refractivity (Wildman–Crippen MR) is 74.0 cm³/mol. The lowest BCUT2D eigenvalue weighted by atomic mass is 9.99. The van der Waals surface area contributed by atoms with Crippen LogP contribution in [0.3, 0.4) is 0 Å². The summed E-state index contributed by atoms with van der Waals surface area (Å²) in [6, 6.07) is 5.30. The first kappa shape index (κ1) is 14.3. The van der Waals surface area contributed by atoms with Gasteiger partial charge >= 0.3 is 0 Å². The summed E-state index contributed by atoms with van der Waals surface area (Å²) in [5.74, 6) is 0.785. The summed E-state index contributed by atoms with van der Waals surface area (Å²) in [6.07, 6.45) is 3.29. The average Bonchev–Trinajstić information content (AvgIpc) is 2.43. The largest absolute Gasteiger partial charge is 0.471 e. The predicted octanol–water partition coefficient (Wildman–Crippen LogP) is 1.98. The van der Waals surface area contributed by atoms with Crippen molar-refractivity contribution in [2.75, 3.05) is 13.1 Å². The van der Waals surface area contributed by atoms with Crippen LogP contribution < -0.4 is 4.74 Å². The van der Waals surface area contributed by atoms with Crippen LogP contribution in [0, 0.1) is 17.2 Å². The van der Waals surface area contributed by atoms with Crippen molar-refractivity contribution in [3.8, 4) is 11.9 Å². The molecule has 20 heavy (non-hydrogen) atoms. The highest BCUT2D eigenvalue weighted by molar-refractivity contribution is 5.79. The van der Waals surface area contributed by atoms with Crippen molar-refractivity contribution in [1.82, 2.24) is 9.88 Å². The number of carbonyl (C=O) groups excluding carboxylic acids is 1. The molecule has 0 N–H and O–H groups in total. The molecule has 1 saturated heterocycles. The molecule has 1 fully saturated rings. The third-order valence-corrected chi connectivity index (χ3v) is 3.65. The van der Waals surface area contributed by atoms with Gasteiger partial charge < -0.3 is 9.64 Å². The molecule has 0 aliphatic carbocycles. The minimum atomic E-state index is -0.0187. The molecule has 1 aromatic heterocycles. The van der Waals surface area contributed by atoms with Crippen LogP contribution in [-0.2, 0) is 4.79 Å². The first-order chi connectivity index (χ1) is 9.67. The van der Waals surface area contributed by atoms with Crippen LogP contribution in [0.1, 0.15) is 32.3 Å². The van der Waals surface area contributed by atoms with E-state index in [4.69, 9.17) is 10.00 Å². The van der Waals surface area contributed by atoms with Gasteiger partial charge in [0, 0.05) is 18.2 Å². The second-order valence-electron chi connectivity index (χ2n) is 4.99. The fourth-order valence-electron chi connectivity index (χ4n) is 2.30. The smallest absolute Gasteiger partial charge is 0.225 e. The summed E-state index contributed by atoms with van der Waals surface area (Å²) in [7, 11) is 0. The van der Waals surface area contributed by atoms with E-state index in [-0.39, 0.29) is 17.9 Å². The molecule has 5 heteroatoms. The Morgan fingerprint density at radius 3 is 2.85 bits per heavy atom. The monoisotopic (exact) mass is 273 g/mol. The zero-order valence-electron chi connectivity index (χ0n) is 11.9. The van der Waals surface area contributed by atoms with Crippen molar-refractivity contribution in [3.63, 3.8) is 0 Å². The Morgan fingerprint density at radius 2 is 2.25 bits per heavy atom. The lowest BCUT2D eigenvalue weighted by Crippen LogP contribution is -2.57. The van der Waals surface area contributed by atoms with Crippen molar-refractivity contribution in [1.29, 1.82) is 5.26 Å². The van der Waals surface area contributed by atoms with Gasteiger partial charge in [-0.15, -0.1) is 0 Å². The van der Waals surface area contributed by atoms with Crippen LogP contribution >= 0.6 is 0 Å². The molecule has 0 saturated carbocycles. The van der Waals surface area contributed by atoms with Gasteiger partial charge in [0.05, 0.1) is 24.7 Å². The summed E-state index contributed by atoms with van der Waals surface area (Å²) in [5, 5.41) is 8.81. The van der Waals surface area contributed by atoms with Gasteiger partial charge in [-0.1, -0.05) is 13.8 Å². The van der Waals surface area contributed by atoms with E-state index in [0.717, 1.165) is 12.8 Å². The maximum absolute atomic E-state index is 12.1. The lowest BCUT2D eigenvalue weighted by Gasteiger charge is -2.40. The molecule has 1 amide bonds. The fourth-order valence-corrected chi connectivity index (χ4v) is 2.30. The molecule has 0 aromatic carbocycles. The molecule has 2 heterocycles. The van der Waals surface area contributed by atoms with Crippen molar-refractivity contribution in [2.45, 2.75) is 32.8 Å². The molecule has 0 atom stereocenters. The lowest BCUT2D eigenvalue weighted by molar-refractivity contribution is -0.144. The Morgan fingerprint density at radius 1 is 1.55 bits per heavy atom. The van der Waals surface area contributed by atoms with E-state index in [2.05, 4.69) is 4.98 Å². The molecule has 1 aliphatic rings. The van der Waals surface area contributed by atoms with E-state index in [9.17, 15) is 4.79 Å². The number of nitriles is 1. The van der Waals surface area contributed by atoms with Gasteiger partial charge in [0.15, 0.2) is 0 Å². The number of hydrogen-bond acceptors (Lipinski definition) is 4. The highest BCUT2D eigenvalue weighted by Gasteiger charge is 2.34. The third-order valence-electron chi connectivity index (χ3n) is 3.65. The Labute approximate surface area is 119 Å². The van der Waals surface area contributed by atoms with Gasteiger partial charge in [0.1, 0.15) is 6.10 Å². The summed E-state index contributed by atoms with van der Waals surface area (Å²) in [5.41, 5.74) is 0.527. The van der Waals surface area contributed by atoms with Gasteiger partial charge in [-0.3, -0.25) is 4.79 Å². The summed E-state index contributed by atoms with van der Waals surface area (Å²) in [6.45, 7) is 5.29. The third kappa shape index (κ3) is 3.08. The van der Waals surface area contributed by atoms with Crippen LogP contribution in [0.2, 0.25) is 0 Å². The molecule has 2 rings (SSSR count). The standard InChI is InChI=1S/C15H19N3O2/c1-3-12(4-2)15(19)18-9-13(10-18)20-14-7-11(8-16)5-6-17-14/h5-7,12-13H,3-4,9-10H2,1-2H3. The Balaban J connectivity index is 1.85. The minimum Gasteiger partial charge on any atom is -0.471 e. The van der Waals surface area contributed by atoms with E-state index in [1.807, 2.05) is 24.8 Å². The van der Waals surface area contributed by atoms with E-state index in [0.29, 0.717) is 24.5 Å². The van der Waals surface area contributed by atoms with Crippen LogP contribution in [0.5, 0.6) is 5.88 Å². The van der Waals surface area contributed by atoms with Gasteiger partial charge in [0.25, 0.3) is 0 Å². The first-order valence-electron chi connectivity index (χ1n) is 6.99. The molecular formula is C15H19N3O2. The first-order valence-corrected chi connectivity index (χ1v) is 6.99. The molecule has 106 valence electrons. The normalized spacial score (nSPS) is 14.8. The minimum absolute atomic E-state index is 0.0187. The van der Waals surface area contributed by atoms with Crippen molar-refractivity contribution >= 4 is 5.91 Å². The zero-order chi connectivity index (χ0) is 14.5.